The predicted octanol–water partition coefficient (Wildman–Crippen LogP) is 2.76. The van der Waals surface area contributed by atoms with Crippen LogP contribution in [0.4, 0.5) is 26.3 Å². The van der Waals surface area contributed by atoms with Gasteiger partial charge < -0.3 is 15.9 Å². The molecule has 1 aromatic rings. The van der Waals surface area contributed by atoms with Crippen LogP contribution in [-0.2, 0) is 18.8 Å². The van der Waals surface area contributed by atoms with Crippen molar-refractivity contribution in [2.45, 2.75) is 30.7 Å². The third-order valence-electron chi connectivity index (χ3n) is 3.19. The molecule has 0 aliphatic heterocycles. The molecule has 0 unspecified atom stereocenters. The van der Waals surface area contributed by atoms with E-state index in [1.54, 1.807) is 0 Å². The summed E-state index contributed by atoms with van der Waals surface area (Å²) in [6.45, 7) is -1.29. The summed E-state index contributed by atoms with van der Waals surface area (Å²) in [6.07, 6.45) is -10.2. The highest BCUT2D eigenvalue weighted by atomic mass is 35.5. The van der Waals surface area contributed by atoms with Crippen LogP contribution in [-0.4, -0.2) is 29.0 Å². The Bertz CT molecular complexity index is 482. The average molecular weight is 368 g/mol. The molecule has 0 atom stereocenters. The van der Waals surface area contributed by atoms with Gasteiger partial charge in [-0.25, -0.2) is 0 Å². The number of rotatable bonds is 5. The third kappa shape index (κ3) is 6.17. The van der Waals surface area contributed by atoms with Crippen LogP contribution in [0.5, 0.6) is 0 Å². The molecule has 0 aromatic heterocycles. The maximum atomic E-state index is 12.7. The number of hydrogen-bond donors (Lipinski definition) is 3. The zero-order valence-corrected chi connectivity index (χ0v) is 12.5. The highest BCUT2D eigenvalue weighted by Crippen LogP contribution is 2.36. The zero-order chi connectivity index (χ0) is 17.2. The number of benzene rings is 1. The molecule has 0 radical (unpaired) electrons. The van der Waals surface area contributed by atoms with Crippen molar-refractivity contribution >= 4 is 12.4 Å². The van der Waals surface area contributed by atoms with E-state index in [0.29, 0.717) is 12.1 Å². The number of nitrogens with two attached hydrogens (primary N) is 1. The van der Waals surface area contributed by atoms with Crippen molar-refractivity contribution in [3.05, 3.63) is 34.9 Å². The second kappa shape index (κ2) is 7.69. The van der Waals surface area contributed by atoms with Crippen molar-refractivity contribution in [3.63, 3.8) is 0 Å². The Labute approximate surface area is 134 Å². The maximum Gasteiger partial charge on any atom is 0.416 e. The van der Waals surface area contributed by atoms with Gasteiger partial charge in [0.05, 0.1) is 29.9 Å². The van der Waals surface area contributed by atoms with E-state index in [0.717, 1.165) is 0 Å². The Morgan fingerprint density at radius 2 is 1.22 bits per heavy atom. The average Bonchev–Trinajstić information content (AvgIpc) is 2.42. The molecule has 3 nitrogen and oxygen atoms in total. The number of halogens is 7. The number of alkyl halides is 6. The van der Waals surface area contributed by atoms with Gasteiger partial charge in [-0.05, 0) is 36.6 Å². The van der Waals surface area contributed by atoms with Crippen LogP contribution in [0.15, 0.2) is 18.2 Å². The first-order valence-corrected chi connectivity index (χ1v) is 6.20. The van der Waals surface area contributed by atoms with Crippen LogP contribution in [0.1, 0.15) is 23.1 Å². The first kappa shape index (κ1) is 22.0. The lowest BCUT2D eigenvalue weighted by Gasteiger charge is -2.24. The first-order chi connectivity index (χ1) is 9.91. The summed E-state index contributed by atoms with van der Waals surface area (Å²) in [5.41, 5.74) is 1.04. The first-order valence-electron chi connectivity index (χ1n) is 6.20. The van der Waals surface area contributed by atoms with E-state index in [9.17, 15) is 26.3 Å². The van der Waals surface area contributed by atoms with Crippen molar-refractivity contribution in [3.8, 4) is 0 Å². The van der Waals surface area contributed by atoms with Gasteiger partial charge in [-0.3, -0.25) is 0 Å². The monoisotopic (exact) mass is 367 g/mol. The van der Waals surface area contributed by atoms with Crippen LogP contribution in [0.2, 0.25) is 0 Å². The molecule has 0 aliphatic carbocycles. The summed E-state index contributed by atoms with van der Waals surface area (Å²) in [6, 6.07) is 1.24. The molecule has 0 saturated heterocycles. The number of aliphatic hydroxyl groups excluding tert-OH is 2. The highest BCUT2D eigenvalue weighted by molar-refractivity contribution is 5.85. The Hall–Kier alpha value is -1.03. The lowest BCUT2D eigenvalue weighted by atomic mass is 9.92. The van der Waals surface area contributed by atoms with Gasteiger partial charge in [-0.2, -0.15) is 26.3 Å². The molecule has 0 spiro atoms. The summed E-state index contributed by atoms with van der Waals surface area (Å²) in [5.74, 6) is 0. The predicted molar refractivity (Wildman–Crippen MR) is 73.1 cm³/mol. The van der Waals surface area contributed by atoms with Crippen LogP contribution >= 0.6 is 12.4 Å². The molecule has 1 rings (SSSR count). The van der Waals surface area contributed by atoms with Crippen molar-refractivity contribution in [2.24, 2.45) is 5.73 Å². The van der Waals surface area contributed by atoms with Crippen LogP contribution < -0.4 is 5.73 Å². The molecule has 0 amide bonds. The van der Waals surface area contributed by atoms with E-state index in [4.69, 9.17) is 15.9 Å². The lowest BCUT2D eigenvalue weighted by molar-refractivity contribution is -0.143. The molecule has 23 heavy (non-hydrogen) atoms. The largest absolute Gasteiger partial charge is 0.416 e. The Balaban J connectivity index is 0.00000484. The second-order valence-electron chi connectivity index (χ2n) is 5.09. The second-order valence-corrected chi connectivity index (χ2v) is 5.09. The van der Waals surface area contributed by atoms with Crippen LogP contribution in [0.25, 0.3) is 0 Å². The number of aryl methyl sites for hydroxylation is 1. The zero-order valence-electron chi connectivity index (χ0n) is 11.7. The van der Waals surface area contributed by atoms with E-state index in [2.05, 4.69) is 0 Å². The smallest absolute Gasteiger partial charge is 0.394 e. The van der Waals surface area contributed by atoms with Crippen molar-refractivity contribution in [1.82, 2.24) is 0 Å². The van der Waals surface area contributed by atoms with Crippen LogP contribution in [0, 0.1) is 0 Å². The minimum Gasteiger partial charge on any atom is -0.394 e. The van der Waals surface area contributed by atoms with Gasteiger partial charge in [-0.15, -0.1) is 12.4 Å². The summed E-state index contributed by atoms with van der Waals surface area (Å²) in [4.78, 5) is 0. The van der Waals surface area contributed by atoms with E-state index in [1.807, 2.05) is 0 Å². The molecule has 0 saturated carbocycles. The highest BCUT2D eigenvalue weighted by Gasteiger charge is 2.37. The Kier molecular flexibility index (Phi) is 7.35. The molecule has 0 aliphatic rings. The third-order valence-corrected chi connectivity index (χ3v) is 3.19. The maximum absolute atomic E-state index is 12.7. The van der Waals surface area contributed by atoms with Crippen LogP contribution in [0.3, 0.4) is 0 Å². The molecule has 134 valence electrons. The van der Waals surface area contributed by atoms with Crippen molar-refractivity contribution in [1.29, 1.82) is 0 Å². The fourth-order valence-corrected chi connectivity index (χ4v) is 1.77. The summed E-state index contributed by atoms with van der Waals surface area (Å²) >= 11 is 0. The van der Waals surface area contributed by atoms with Gasteiger partial charge in [-0.1, -0.05) is 0 Å². The summed E-state index contributed by atoms with van der Waals surface area (Å²) in [7, 11) is 0. The van der Waals surface area contributed by atoms with Gasteiger partial charge in [0.15, 0.2) is 0 Å². The van der Waals surface area contributed by atoms with E-state index in [-0.39, 0.29) is 36.9 Å². The molecule has 0 heterocycles. The molecule has 0 bridgehead atoms. The lowest BCUT2D eigenvalue weighted by Crippen LogP contribution is -2.47. The summed E-state index contributed by atoms with van der Waals surface area (Å²) < 4.78 is 76.0. The minimum absolute atomic E-state index is 0. The molecular formula is C13H16ClF6NO2. The quantitative estimate of drug-likeness (QED) is 0.701. The summed E-state index contributed by atoms with van der Waals surface area (Å²) in [5, 5.41) is 18.0. The van der Waals surface area contributed by atoms with Gasteiger partial charge in [0, 0.05) is 0 Å². The minimum atomic E-state index is -4.91. The van der Waals surface area contributed by atoms with Gasteiger partial charge >= 0.3 is 12.4 Å². The Morgan fingerprint density at radius 3 is 1.52 bits per heavy atom. The molecule has 10 heteroatoms. The number of aliphatic hydroxyl groups is 2. The standard InChI is InChI=1S/C13H15F6NO2.ClH/c14-12(15,16)9-3-8(1-2-11(20,6-21)7-22)4-10(5-9)13(17,18)19;/h3-5,21-22H,1-2,6-7,20H2;1H. The normalized spacial score (nSPS) is 12.9. The van der Waals surface area contributed by atoms with E-state index >= 15 is 0 Å². The fourth-order valence-electron chi connectivity index (χ4n) is 1.77. The van der Waals surface area contributed by atoms with Gasteiger partial charge in [0.25, 0.3) is 0 Å². The molecule has 4 N–H and O–H groups in total. The van der Waals surface area contributed by atoms with Crippen molar-refractivity contribution in [2.75, 3.05) is 13.2 Å². The SMILES string of the molecule is Cl.NC(CO)(CO)CCc1cc(C(F)(F)F)cc(C(F)(F)F)c1. The fraction of sp³-hybridized carbons (Fsp3) is 0.538. The van der Waals surface area contributed by atoms with Gasteiger partial charge in [0.2, 0.25) is 0 Å². The molecule has 1 aromatic carbocycles. The van der Waals surface area contributed by atoms with E-state index in [1.165, 1.54) is 0 Å². The topological polar surface area (TPSA) is 66.5 Å². The molecular weight excluding hydrogens is 352 g/mol. The molecule has 0 fully saturated rings. The van der Waals surface area contributed by atoms with Gasteiger partial charge in [0.1, 0.15) is 0 Å². The Morgan fingerprint density at radius 1 is 0.826 bits per heavy atom. The number of hydrogen-bond acceptors (Lipinski definition) is 3. The van der Waals surface area contributed by atoms with E-state index < -0.39 is 42.2 Å². The van der Waals surface area contributed by atoms with Crippen molar-refractivity contribution < 1.29 is 36.6 Å².